The van der Waals surface area contributed by atoms with Gasteiger partial charge in [0.1, 0.15) is 0 Å². The van der Waals surface area contributed by atoms with Crippen molar-refractivity contribution >= 4 is 11.6 Å². The average Bonchev–Trinajstić information content (AvgIpc) is 2.38. The first-order valence-electron chi connectivity index (χ1n) is 5.35. The maximum Gasteiger partial charge on any atom is 0.255 e. The second-order valence-electron chi connectivity index (χ2n) is 3.64. The van der Waals surface area contributed by atoms with E-state index in [-0.39, 0.29) is 5.91 Å². The second-order valence-corrected chi connectivity index (χ2v) is 3.64. The topological polar surface area (TPSA) is 80.5 Å². The number of amides is 1. The highest BCUT2D eigenvalue weighted by Crippen LogP contribution is 2.13. The van der Waals surface area contributed by atoms with Crippen LogP contribution in [0.2, 0.25) is 0 Å². The Bertz CT molecular complexity index is 370. The molecule has 0 aromatic carbocycles. The van der Waals surface area contributed by atoms with Crippen LogP contribution in [0.25, 0.3) is 0 Å². The second kappa shape index (κ2) is 6.82. The Morgan fingerprint density at radius 3 is 3.06 bits per heavy atom. The van der Waals surface area contributed by atoms with E-state index in [9.17, 15) is 4.79 Å². The molecule has 1 aromatic rings. The van der Waals surface area contributed by atoms with Gasteiger partial charge in [-0.2, -0.15) is 0 Å². The molecule has 0 saturated carbocycles. The minimum absolute atomic E-state index is 0.0866. The summed E-state index contributed by atoms with van der Waals surface area (Å²) in [5.74, 6) is 5.24. The lowest BCUT2D eigenvalue weighted by molar-refractivity contribution is 0.0780. The van der Waals surface area contributed by atoms with E-state index in [0.717, 1.165) is 6.42 Å². The Morgan fingerprint density at radius 2 is 2.41 bits per heavy atom. The van der Waals surface area contributed by atoms with Gasteiger partial charge < -0.3 is 15.1 Å². The van der Waals surface area contributed by atoms with Crippen LogP contribution >= 0.6 is 0 Å². The number of hydrogen-bond donors (Lipinski definition) is 2. The van der Waals surface area contributed by atoms with Gasteiger partial charge in [-0.25, -0.2) is 0 Å². The molecule has 0 fully saturated rings. The van der Waals surface area contributed by atoms with Crippen LogP contribution in [0.15, 0.2) is 18.5 Å². The van der Waals surface area contributed by atoms with Crippen molar-refractivity contribution in [2.24, 2.45) is 5.84 Å². The van der Waals surface area contributed by atoms with E-state index in [1.54, 1.807) is 31.3 Å². The van der Waals surface area contributed by atoms with Crippen LogP contribution < -0.4 is 11.3 Å². The molecule has 6 nitrogen and oxygen atoms in total. The molecule has 1 aromatic heterocycles. The van der Waals surface area contributed by atoms with Crippen molar-refractivity contribution in [2.75, 3.05) is 32.7 Å². The molecule has 0 aliphatic carbocycles. The Hall–Kier alpha value is -1.66. The summed E-state index contributed by atoms with van der Waals surface area (Å²) in [7, 11) is 3.39. The van der Waals surface area contributed by atoms with Crippen LogP contribution in [0.3, 0.4) is 0 Å². The number of hydrazine groups is 1. The van der Waals surface area contributed by atoms with Gasteiger partial charge in [0.05, 0.1) is 17.4 Å². The zero-order chi connectivity index (χ0) is 12.7. The number of ether oxygens (including phenoxy) is 1. The number of rotatable bonds is 6. The number of methoxy groups -OCH3 is 1. The number of hydrogen-bond acceptors (Lipinski definition) is 5. The Balaban J connectivity index is 2.67. The SMILES string of the molecule is COCCCN(C)C(=O)c1ccncc1NN. The normalized spacial score (nSPS) is 10.1. The number of nitrogens with one attached hydrogen (secondary N) is 1. The number of aromatic nitrogens is 1. The molecule has 0 bridgehead atoms. The maximum atomic E-state index is 12.1. The number of nitrogen functional groups attached to an aromatic ring is 1. The fraction of sp³-hybridized carbons (Fsp3) is 0.455. The molecule has 6 heteroatoms. The van der Waals surface area contributed by atoms with Gasteiger partial charge in [-0.3, -0.25) is 15.6 Å². The third-order valence-corrected chi connectivity index (χ3v) is 2.40. The van der Waals surface area contributed by atoms with E-state index in [0.29, 0.717) is 24.4 Å². The zero-order valence-electron chi connectivity index (χ0n) is 10.1. The number of nitrogens with zero attached hydrogens (tertiary/aromatic N) is 2. The monoisotopic (exact) mass is 238 g/mol. The molecule has 3 N–H and O–H groups in total. The summed E-state index contributed by atoms with van der Waals surface area (Å²) < 4.78 is 4.94. The van der Waals surface area contributed by atoms with Gasteiger partial charge in [0.25, 0.3) is 5.91 Å². The lowest BCUT2D eigenvalue weighted by Gasteiger charge is -2.18. The number of anilines is 1. The van der Waals surface area contributed by atoms with Crippen LogP contribution in [0, 0.1) is 0 Å². The Labute approximate surface area is 101 Å². The molecule has 1 amide bonds. The first-order chi connectivity index (χ1) is 8.20. The van der Waals surface area contributed by atoms with Gasteiger partial charge in [0.2, 0.25) is 0 Å². The number of carbonyl (C=O) groups is 1. The molecule has 0 radical (unpaired) electrons. The lowest BCUT2D eigenvalue weighted by Crippen LogP contribution is -2.29. The minimum Gasteiger partial charge on any atom is -0.385 e. The van der Waals surface area contributed by atoms with E-state index < -0.39 is 0 Å². The highest BCUT2D eigenvalue weighted by molar-refractivity contribution is 5.99. The van der Waals surface area contributed by atoms with E-state index in [4.69, 9.17) is 10.6 Å². The van der Waals surface area contributed by atoms with Gasteiger partial charge in [-0.15, -0.1) is 0 Å². The van der Waals surface area contributed by atoms with E-state index in [1.807, 2.05) is 0 Å². The van der Waals surface area contributed by atoms with Crippen molar-refractivity contribution in [3.63, 3.8) is 0 Å². The summed E-state index contributed by atoms with van der Waals surface area (Å²) in [6.07, 6.45) is 3.89. The van der Waals surface area contributed by atoms with E-state index >= 15 is 0 Å². The average molecular weight is 238 g/mol. The first-order valence-corrected chi connectivity index (χ1v) is 5.35. The molecular formula is C11H18N4O2. The molecule has 0 aliphatic heterocycles. The van der Waals surface area contributed by atoms with Crippen LogP contribution in [0.4, 0.5) is 5.69 Å². The molecule has 1 heterocycles. The molecule has 0 spiro atoms. The fourth-order valence-electron chi connectivity index (χ4n) is 1.45. The Kier molecular flexibility index (Phi) is 5.38. The fourth-order valence-corrected chi connectivity index (χ4v) is 1.45. The first kappa shape index (κ1) is 13.4. The predicted molar refractivity (Wildman–Crippen MR) is 65.5 cm³/mol. The molecule has 94 valence electrons. The largest absolute Gasteiger partial charge is 0.385 e. The smallest absolute Gasteiger partial charge is 0.255 e. The van der Waals surface area contributed by atoms with Crippen molar-refractivity contribution in [1.82, 2.24) is 9.88 Å². The summed E-state index contributed by atoms with van der Waals surface area (Å²) in [5.41, 5.74) is 3.50. The quantitative estimate of drug-likeness (QED) is 0.428. The lowest BCUT2D eigenvalue weighted by atomic mass is 10.2. The predicted octanol–water partition coefficient (Wildman–Crippen LogP) is 0.476. The molecule has 1 rings (SSSR count). The van der Waals surface area contributed by atoms with Gasteiger partial charge in [-0.05, 0) is 12.5 Å². The third-order valence-electron chi connectivity index (χ3n) is 2.40. The van der Waals surface area contributed by atoms with Gasteiger partial charge in [0, 0.05) is 33.5 Å². The molecule has 0 aliphatic rings. The number of nitrogens with two attached hydrogens (primary N) is 1. The van der Waals surface area contributed by atoms with Crippen molar-refractivity contribution < 1.29 is 9.53 Å². The summed E-state index contributed by atoms with van der Waals surface area (Å²) in [4.78, 5) is 17.6. The summed E-state index contributed by atoms with van der Waals surface area (Å²) in [5, 5.41) is 0. The minimum atomic E-state index is -0.0866. The van der Waals surface area contributed by atoms with Crippen molar-refractivity contribution in [2.45, 2.75) is 6.42 Å². The van der Waals surface area contributed by atoms with Crippen molar-refractivity contribution in [1.29, 1.82) is 0 Å². The van der Waals surface area contributed by atoms with Crippen LogP contribution in [0.1, 0.15) is 16.8 Å². The number of carbonyl (C=O) groups excluding carboxylic acids is 1. The van der Waals surface area contributed by atoms with E-state index in [1.165, 1.54) is 6.20 Å². The maximum absolute atomic E-state index is 12.1. The molecule has 0 saturated heterocycles. The van der Waals surface area contributed by atoms with Crippen LogP contribution in [0.5, 0.6) is 0 Å². The van der Waals surface area contributed by atoms with Gasteiger partial charge in [-0.1, -0.05) is 0 Å². The van der Waals surface area contributed by atoms with Gasteiger partial charge >= 0.3 is 0 Å². The molecule has 0 unspecified atom stereocenters. The highest BCUT2D eigenvalue weighted by atomic mass is 16.5. The van der Waals surface area contributed by atoms with Crippen LogP contribution in [-0.2, 0) is 4.74 Å². The molecular weight excluding hydrogens is 220 g/mol. The highest BCUT2D eigenvalue weighted by Gasteiger charge is 2.14. The molecule has 0 atom stereocenters. The standard InChI is InChI=1S/C11H18N4O2/c1-15(6-3-7-17-2)11(16)9-4-5-13-8-10(9)14-12/h4-5,8,14H,3,6-7,12H2,1-2H3. The summed E-state index contributed by atoms with van der Waals surface area (Å²) in [6, 6.07) is 1.64. The Morgan fingerprint density at radius 1 is 1.65 bits per heavy atom. The van der Waals surface area contributed by atoms with Crippen LogP contribution in [-0.4, -0.2) is 43.1 Å². The molecule has 17 heavy (non-hydrogen) atoms. The van der Waals surface area contributed by atoms with Crippen molar-refractivity contribution in [3.8, 4) is 0 Å². The van der Waals surface area contributed by atoms with Gasteiger partial charge in [0.15, 0.2) is 0 Å². The van der Waals surface area contributed by atoms with E-state index in [2.05, 4.69) is 10.4 Å². The zero-order valence-corrected chi connectivity index (χ0v) is 10.1. The van der Waals surface area contributed by atoms with Crippen molar-refractivity contribution in [3.05, 3.63) is 24.0 Å². The summed E-state index contributed by atoms with van der Waals surface area (Å²) >= 11 is 0. The number of pyridine rings is 1. The third kappa shape index (κ3) is 3.69. The summed E-state index contributed by atoms with van der Waals surface area (Å²) in [6.45, 7) is 1.27.